The Bertz CT molecular complexity index is 944. The zero-order chi connectivity index (χ0) is 19.4. The van der Waals surface area contributed by atoms with Gasteiger partial charge in [0.05, 0.1) is 5.69 Å². The van der Waals surface area contributed by atoms with Crippen LogP contribution >= 0.6 is 0 Å². The molecular formula is C20H18F2IrN5. The second kappa shape index (κ2) is 9.57. The summed E-state index contributed by atoms with van der Waals surface area (Å²) in [7, 11) is 1.82. The maximum Gasteiger partial charge on any atom is 3.00 e. The summed E-state index contributed by atoms with van der Waals surface area (Å²) in [5, 5.41) is 7.74. The zero-order valence-electron chi connectivity index (χ0n) is 15.5. The van der Waals surface area contributed by atoms with Gasteiger partial charge in [0.1, 0.15) is 0 Å². The van der Waals surface area contributed by atoms with Crippen LogP contribution in [0.1, 0.15) is 11.1 Å². The number of halogens is 2. The third kappa shape index (κ3) is 5.24. The molecule has 0 unspecified atom stereocenters. The third-order valence-corrected chi connectivity index (χ3v) is 3.79. The molecule has 0 saturated heterocycles. The van der Waals surface area contributed by atoms with Crippen LogP contribution in [0.5, 0.6) is 0 Å². The average molecular weight is 559 g/mol. The third-order valence-electron chi connectivity index (χ3n) is 3.79. The molecule has 5 nitrogen and oxygen atoms in total. The molecule has 0 bridgehead atoms. The van der Waals surface area contributed by atoms with E-state index in [0.717, 1.165) is 29.1 Å². The molecule has 0 aliphatic carbocycles. The van der Waals surface area contributed by atoms with E-state index in [9.17, 15) is 8.78 Å². The van der Waals surface area contributed by atoms with Crippen molar-refractivity contribution in [3.63, 3.8) is 0 Å². The molecule has 1 aliphatic rings. The molecule has 3 aromatic rings. The number of benzene rings is 1. The molecule has 0 N–H and O–H groups in total. The maximum absolute atomic E-state index is 13.2. The van der Waals surface area contributed by atoms with Gasteiger partial charge in [0, 0.05) is 24.0 Å². The standard InChI is InChI=1S/C10H8F2N2.C10H10N3.Ir/c1-13-4-5-14(7-13)10-3-2-8(11)6-9(10)12;1-7-5-8(2)10(11-6-7)9-3-4-12-13-9;/h2,4-7H,1H3;3-6H,1-2H3;/q-2;-1;+3. The van der Waals surface area contributed by atoms with Crippen molar-refractivity contribution < 1.29 is 28.9 Å². The fraction of sp³-hybridized carbons (Fsp3) is 0.150. The van der Waals surface area contributed by atoms with Crippen molar-refractivity contribution in [2.75, 3.05) is 11.9 Å². The average Bonchev–Trinajstić information content (AvgIpc) is 3.27. The van der Waals surface area contributed by atoms with E-state index in [-0.39, 0.29) is 25.8 Å². The Morgan fingerprint density at radius 3 is 2.54 bits per heavy atom. The Morgan fingerprint density at radius 1 is 1.18 bits per heavy atom. The van der Waals surface area contributed by atoms with Gasteiger partial charge in [-0.15, -0.1) is 12.1 Å². The quantitative estimate of drug-likeness (QED) is 0.448. The molecule has 4 rings (SSSR count). The van der Waals surface area contributed by atoms with E-state index in [1.807, 2.05) is 33.2 Å². The smallest absolute Gasteiger partial charge is 0.574 e. The summed E-state index contributed by atoms with van der Waals surface area (Å²) in [6.45, 7) is 5.73. The van der Waals surface area contributed by atoms with Gasteiger partial charge >= 0.3 is 20.1 Å². The summed E-state index contributed by atoms with van der Waals surface area (Å²) >= 11 is 0. The number of anilines is 1. The van der Waals surface area contributed by atoms with Crippen molar-refractivity contribution in [3.05, 3.63) is 84.6 Å². The minimum Gasteiger partial charge on any atom is -0.574 e. The van der Waals surface area contributed by atoms with Crippen molar-refractivity contribution in [3.8, 4) is 11.4 Å². The normalized spacial score (nSPS) is 12.5. The molecule has 0 atom stereocenters. The fourth-order valence-electron chi connectivity index (χ4n) is 2.56. The monoisotopic (exact) mass is 559 g/mol. The number of rotatable bonds is 2. The molecule has 0 amide bonds. The first kappa shape index (κ1) is 21.7. The van der Waals surface area contributed by atoms with Gasteiger partial charge in [0.15, 0.2) is 0 Å². The van der Waals surface area contributed by atoms with Crippen molar-refractivity contribution in [2.24, 2.45) is 0 Å². The van der Waals surface area contributed by atoms with Crippen LogP contribution in [0.15, 0.2) is 49.1 Å². The molecule has 146 valence electrons. The Kier molecular flexibility index (Phi) is 7.43. The first-order valence-electron chi connectivity index (χ1n) is 8.22. The van der Waals surface area contributed by atoms with Crippen LogP contribution in [0.4, 0.5) is 14.5 Å². The summed E-state index contributed by atoms with van der Waals surface area (Å²) in [6, 6.07) is 8.44. The molecule has 0 fully saturated rings. The van der Waals surface area contributed by atoms with Gasteiger partial charge in [-0.25, -0.2) is 0 Å². The van der Waals surface area contributed by atoms with Gasteiger partial charge in [-0.05, 0) is 44.4 Å². The molecule has 1 aliphatic heterocycles. The van der Waals surface area contributed by atoms with Crippen LogP contribution in [-0.4, -0.2) is 22.0 Å². The van der Waals surface area contributed by atoms with Crippen LogP contribution < -0.4 is 10.00 Å². The van der Waals surface area contributed by atoms with Gasteiger partial charge in [-0.2, -0.15) is 12.7 Å². The van der Waals surface area contributed by atoms with E-state index in [1.165, 1.54) is 10.5 Å². The molecule has 3 heterocycles. The first-order chi connectivity index (χ1) is 12.9. The van der Waals surface area contributed by atoms with Crippen LogP contribution in [0.25, 0.3) is 11.4 Å². The van der Waals surface area contributed by atoms with Gasteiger partial charge in [0.2, 0.25) is 0 Å². The van der Waals surface area contributed by atoms with Crippen molar-refractivity contribution in [1.82, 2.24) is 20.1 Å². The second-order valence-electron chi connectivity index (χ2n) is 6.10. The predicted molar refractivity (Wildman–Crippen MR) is 99.1 cm³/mol. The zero-order valence-corrected chi connectivity index (χ0v) is 17.9. The number of hydrogen-bond acceptors (Lipinski definition) is 4. The van der Waals surface area contributed by atoms with Gasteiger partial charge in [0.25, 0.3) is 0 Å². The van der Waals surface area contributed by atoms with Gasteiger partial charge < -0.3 is 20.0 Å². The molecule has 2 aromatic heterocycles. The van der Waals surface area contributed by atoms with E-state index in [0.29, 0.717) is 0 Å². The summed E-state index contributed by atoms with van der Waals surface area (Å²) in [5.74, 6) is -1.25. The van der Waals surface area contributed by atoms with Crippen LogP contribution in [0.2, 0.25) is 0 Å². The largest absolute Gasteiger partial charge is 3.00 e. The second-order valence-corrected chi connectivity index (χ2v) is 6.10. The summed E-state index contributed by atoms with van der Waals surface area (Å²) in [4.78, 5) is 7.61. The SMILES string of the molecule is CN1C=CN(c2[c-]cc(F)cc2F)[CH-]1.Cc1cnc(-c2ccn[n-]2)c(C)c1.[Ir+3]. The minimum atomic E-state index is -0.624. The number of aromatic nitrogens is 3. The fourth-order valence-corrected chi connectivity index (χ4v) is 2.56. The maximum atomic E-state index is 13.2. The van der Waals surface area contributed by atoms with E-state index in [4.69, 9.17) is 0 Å². The Labute approximate surface area is 176 Å². The predicted octanol–water partition coefficient (Wildman–Crippen LogP) is 3.82. The van der Waals surface area contributed by atoms with Gasteiger partial charge in [-0.3, -0.25) is 13.8 Å². The number of hydrogen-bond donors (Lipinski definition) is 0. The van der Waals surface area contributed by atoms with Crippen LogP contribution in [-0.2, 0) is 20.1 Å². The van der Waals surface area contributed by atoms with Gasteiger partial charge in [-0.1, -0.05) is 23.5 Å². The number of aryl methyl sites for hydroxylation is 2. The van der Waals surface area contributed by atoms with E-state index in [2.05, 4.69) is 27.3 Å². The van der Waals surface area contributed by atoms with E-state index in [1.54, 1.807) is 30.2 Å². The van der Waals surface area contributed by atoms with E-state index < -0.39 is 11.6 Å². The Balaban J connectivity index is 0.000000194. The summed E-state index contributed by atoms with van der Waals surface area (Å²) in [6.07, 6.45) is 6.96. The van der Waals surface area contributed by atoms with Crippen LogP contribution in [0.3, 0.4) is 0 Å². The van der Waals surface area contributed by atoms with Crippen molar-refractivity contribution in [2.45, 2.75) is 13.8 Å². The summed E-state index contributed by atoms with van der Waals surface area (Å²) < 4.78 is 25.8. The molecule has 0 radical (unpaired) electrons. The van der Waals surface area contributed by atoms with Crippen molar-refractivity contribution in [1.29, 1.82) is 0 Å². The van der Waals surface area contributed by atoms with E-state index >= 15 is 0 Å². The van der Waals surface area contributed by atoms with Crippen molar-refractivity contribution >= 4 is 5.69 Å². The molecule has 1 aromatic carbocycles. The molecule has 8 heteroatoms. The molecule has 28 heavy (non-hydrogen) atoms. The van der Waals surface area contributed by atoms with Crippen LogP contribution in [0, 0.1) is 38.2 Å². The Morgan fingerprint density at radius 2 is 1.96 bits per heavy atom. The topological polar surface area (TPSA) is 46.4 Å². The minimum absolute atomic E-state index is 0. The molecule has 0 spiro atoms. The number of pyridine rings is 1. The Hall–Kier alpha value is -2.57. The molecule has 0 saturated carbocycles. The summed E-state index contributed by atoms with van der Waals surface area (Å²) in [5.41, 5.74) is 4.29. The molecular weight excluding hydrogens is 540 g/mol. The number of nitrogens with zero attached hydrogens (tertiary/aromatic N) is 5. The first-order valence-corrected chi connectivity index (χ1v) is 8.22.